The van der Waals surface area contributed by atoms with E-state index in [1.165, 1.54) is 0 Å². The number of hydrogen-bond acceptors (Lipinski definition) is 3. The van der Waals surface area contributed by atoms with Crippen molar-refractivity contribution in [1.82, 2.24) is 5.32 Å². The van der Waals surface area contributed by atoms with Crippen molar-refractivity contribution in [3.63, 3.8) is 0 Å². The monoisotopic (exact) mass is 204 g/mol. The Balaban J connectivity index is 2.57. The summed E-state index contributed by atoms with van der Waals surface area (Å²) in [7, 11) is 1.58. The second-order valence-corrected chi connectivity index (χ2v) is 2.96. The number of nitrogens with zero attached hydrogens (tertiary/aromatic N) is 1. The quantitative estimate of drug-likeness (QED) is 0.740. The number of benzene rings is 1. The second-order valence-electron chi connectivity index (χ2n) is 2.96. The zero-order chi connectivity index (χ0) is 11.1. The normalized spacial score (nSPS) is 9.07. The van der Waals surface area contributed by atoms with E-state index in [1.54, 1.807) is 13.2 Å². The van der Waals surface area contributed by atoms with Gasteiger partial charge in [0.2, 0.25) is 5.91 Å². The number of carbonyl (C=O) groups is 1. The molecule has 1 N–H and O–H groups in total. The van der Waals surface area contributed by atoms with E-state index in [-0.39, 0.29) is 18.9 Å². The summed E-state index contributed by atoms with van der Waals surface area (Å²) in [5.74, 6) is 0.561. The number of nitrogens with one attached hydrogen (secondary N) is 1. The Morgan fingerprint density at radius 2 is 2.40 bits per heavy atom. The first-order valence-corrected chi connectivity index (χ1v) is 4.53. The smallest absolute Gasteiger partial charge is 0.225 e. The maximum atomic E-state index is 11.3. The summed E-state index contributed by atoms with van der Waals surface area (Å²) in [4.78, 5) is 11.3. The van der Waals surface area contributed by atoms with Gasteiger partial charge < -0.3 is 10.1 Å². The molecular weight excluding hydrogens is 192 g/mol. The minimum atomic E-state index is -0.162. The average molecular weight is 204 g/mol. The highest BCUT2D eigenvalue weighted by Gasteiger charge is 2.02. The summed E-state index contributed by atoms with van der Waals surface area (Å²) in [5, 5.41) is 10.8. The number of nitriles is 1. The Hall–Kier alpha value is -2.02. The molecule has 0 atom stereocenters. The third kappa shape index (κ3) is 3.69. The average Bonchev–Trinajstić information content (AvgIpc) is 2.26. The van der Waals surface area contributed by atoms with Gasteiger partial charge in [-0.05, 0) is 17.7 Å². The van der Waals surface area contributed by atoms with E-state index in [1.807, 2.05) is 24.3 Å². The molecule has 0 bridgehead atoms. The molecule has 78 valence electrons. The predicted molar refractivity (Wildman–Crippen MR) is 55.3 cm³/mol. The molecule has 0 saturated carbocycles. The van der Waals surface area contributed by atoms with Crippen molar-refractivity contribution < 1.29 is 9.53 Å². The molecule has 0 aliphatic carbocycles. The van der Waals surface area contributed by atoms with Crippen LogP contribution in [0.4, 0.5) is 0 Å². The summed E-state index contributed by atoms with van der Waals surface area (Å²) >= 11 is 0. The van der Waals surface area contributed by atoms with Gasteiger partial charge in [-0.15, -0.1) is 0 Å². The van der Waals surface area contributed by atoms with Gasteiger partial charge in [-0.25, -0.2) is 0 Å². The lowest BCUT2D eigenvalue weighted by Gasteiger charge is -2.03. The van der Waals surface area contributed by atoms with Crippen LogP contribution in [0.5, 0.6) is 5.75 Å². The fourth-order valence-electron chi connectivity index (χ4n) is 1.17. The molecule has 0 aromatic heterocycles. The highest BCUT2D eigenvalue weighted by Crippen LogP contribution is 2.12. The molecule has 0 aliphatic heterocycles. The number of rotatable bonds is 4. The molecule has 0 aliphatic rings. The summed E-state index contributed by atoms with van der Waals surface area (Å²) in [6.45, 7) is 0.0444. The van der Waals surface area contributed by atoms with Crippen LogP contribution in [0.1, 0.15) is 5.56 Å². The van der Waals surface area contributed by atoms with Crippen LogP contribution < -0.4 is 10.1 Å². The molecule has 0 spiro atoms. The van der Waals surface area contributed by atoms with E-state index in [2.05, 4.69) is 5.32 Å². The lowest BCUT2D eigenvalue weighted by Crippen LogP contribution is -2.25. The van der Waals surface area contributed by atoms with Crippen LogP contribution in [0.25, 0.3) is 0 Å². The van der Waals surface area contributed by atoms with Crippen LogP contribution in [0.3, 0.4) is 0 Å². The van der Waals surface area contributed by atoms with E-state index in [9.17, 15) is 4.79 Å². The van der Waals surface area contributed by atoms with Gasteiger partial charge in [-0.3, -0.25) is 4.79 Å². The Labute approximate surface area is 88.5 Å². The number of ether oxygens (including phenoxy) is 1. The van der Waals surface area contributed by atoms with Crippen molar-refractivity contribution >= 4 is 5.91 Å². The molecule has 4 nitrogen and oxygen atoms in total. The van der Waals surface area contributed by atoms with E-state index >= 15 is 0 Å². The Kier molecular flexibility index (Phi) is 4.17. The minimum absolute atomic E-state index is 0.0444. The molecule has 1 rings (SSSR count). The van der Waals surface area contributed by atoms with Crippen LogP contribution >= 0.6 is 0 Å². The van der Waals surface area contributed by atoms with Gasteiger partial charge >= 0.3 is 0 Å². The molecule has 1 aromatic carbocycles. The second kappa shape index (κ2) is 5.66. The van der Waals surface area contributed by atoms with E-state index in [0.29, 0.717) is 0 Å². The Bertz CT molecular complexity index is 382. The first kappa shape index (κ1) is 11.1. The summed E-state index contributed by atoms with van der Waals surface area (Å²) in [6, 6.07) is 9.13. The largest absolute Gasteiger partial charge is 0.497 e. The predicted octanol–water partition coefficient (Wildman–Crippen LogP) is 0.877. The van der Waals surface area contributed by atoms with Crippen LogP contribution in [0.2, 0.25) is 0 Å². The molecule has 0 saturated heterocycles. The molecular formula is C11H12N2O2. The molecule has 0 radical (unpaired) electrons. The Morgan fingerprint density at radius 3 is 3.07 bits per heavy atom. The van der Waals surface area contributed by atoms with Crippen molar-refractivity contribution in [2.24, 2.45) is 0 Å². The third-order valence-corrected chi connectivity index (χ3v) is 1.86. The fourth-order valence-corrected chi connectivity index (χ4v) is 1.17. The molecule has 4 heteroatoms. The maximum absolute atomic E-state index is 11.3. The van der Waals surface area contributed by atoms with Gasteiger partial charge in [-0.2, -0.15) is 5.26 Å². The summed E-state index contributed by atoms with van der Waals surface area (Å²) in [6.07, 6.45) is 0.263. The third-order valence-electron chi connectivity index (χ3n) is 1.86. The van der Waals surface area contributed by atoms with Gasteiger partial charge in [0.15, 0.2) is 0 Å². The first-order chi connectivity index (χ1) is 7.26. The molecule has 15 heavy (non-hydrogen) atoms. The molecule has 0 unspecified atom stereocenters. The van der Waals surface area contributed by atoms with Gasteiger partial charge in [-0.1, -0.05) is 12.1 Å². The number of carbonyl (C=O) groups excluding carboxylic acids is 1. The number of methoxy groups -OCH3 is 1. The fraction of sp³-hybridized carbons (Fsp3) is 0.273. The van der Waals surface area contributed by atoms with Gasteiger partial charge in [0.1, 0.15) is 12.3 Å². The summed E-state index contributed by atoms with van der Waals surface area (Å²) in [5.41, 5.74) is 0.866. The topological polar surface area (TPSA) is 62.1 Å². The van der Waals surface area contributed by atoms with Crippen molar-refractivity contribution in [1.29, 1.82) is 5.26 Å². The highest BCUT2D eigenvalue weighted by atomic mass is 16.5. The van der Waals surface area contributed by atoms with Crippen molar-refractivity contribution in [2.45, 2.75) is 6.42 Å². The molecule has 1 aromatic rings. The van der Waals surface area contributed by atoms with Gasteiger partial charge in [0.05, 0.1) is 19.6 Å². The standard InChI is InChI=1S/C11H12N2O2/c1-15-10-4-2-3-9(7-10)8-11(14)13-6-5-12/h2-4,7H,6,8H2,1H3,(H,13,14). The van der Waals surface area contributed by atoms with Gasteiger partial charge in [0, 0.05) is 0 Å². The SMILES string of the molecule is COc1cccc(CC(=O)NCC#N)c1. The Morgan fingerprint density at radius 1 is 1.60 bits per heavy atom. The van der Waals surface area contributed by atoms with Crippen molar-refractivity contribution in [3.05, 3.63) is 29.8 Å². The van der Waals surface area contributed by atoms with Crippen molar-refractivity contribution in [2.75, 3.05) is 13.7 Å². The van der Waals surface area contributed by atoms with Crippen LogP contribution in [-0.4, -0.2) is 19.6 Å². The van der Waals surface area contributed by atoms with E-state index < -0.39 is 0 Å². The molecule has 1 amide bonds. The first-order valence-electron chi connectivity index (χ1n) is 4.53. The molecule has 0 fully saturated rings. The van der Waals surface area contributed by atoms with Crippen LogP contribution in [0, 0.1) is 11.3 Å². The zero-order valence-corrected chi connectivity index (χ0v) is 8.49. The van der Waals surface area contributed by atoms with Crippen molar-refractivity contribution in [3.8, 4) is 11.8 Å². The van der Waals surface area contributed by atoms with Crippen LogP contribution in [-0.2, 0) is 11.2 Å². The van der Waals surface area contributed by atoms with E-state index in [4.69, 9.17) is 10.00 Å². The van der Waals surface area contributed by atoms with Crippen LogP contribution in [0.15, 0.2) is 24.3 Å². The maximum Gasteiger partial charge on any atom is 0.225 e. The lowest BCUT2D eigenvalue weighted by molar-refractivity contribution is -0.120. The highest BCUT2D eigenvalue weighted by molar-refractivity contribution is 5.78. The van der Waals surface area contributed by atoms with E-state index in [0.717, 1.165) is 11.3 Å². The lowest BCUT2D eigenvalue weighted by atomic mass is 10.1. The number of hydrogen-bond donors (Lipinski definition) is 1. The minimum Gasteiger partial charge on any atom is -0.497 e. The van der Waals surface area contributed by atoms with Gasteiger partial charge in [0.25, 0.3) is 0 Å². The number of amides is 1. The zero-order valence-electron chi connectivity index (χ0n) is 8.49. The molecule has 0 heterocycles. The summed E-state index contributed by atoms with van der Waals surface area (Å²) < 4.78 is 5.03.